The van der Waals surface area contributed by atoms with E-state index < -0.39 is 0 Å². The van der Waals surface area contributed by atoms with Crippen molar-refractivity contribution in [1.82, 2.24) is 0 Å². The van der Waals surface area contributed by atoms with Crippen LogP contribution in [0.5, 0.6) is 0 Å². The number of fused-ring (bicyclic) bond motifs is 1. The average molecular weight is 208 g/mol. The summed E-state index contributed by atoms with van der Waals surface area (Å²) in [5.41, 5.74) is 1.02. The number of hydrogen-bond acceptors (Lipinski definition) is 0. The molecule has 2 aromatic rings. The molecule has 0 saturated heterocycles. The summed E-state index contributed by atoms with van der Waals surface area (Å²) in [4.78, 5) is 0. The van der Waals surface area contributed by atoms with Crippen molar-refractivity contribution in [2.24, 2.45) is 0 Å². The zero-order valence-corrected chi connectivity index (χ0v) is 8.48. The summed E-state index contributed by atoms with van der Waals surface area (Å²) in [5.74, 6) is 0. The van der Waals surface area contributed by atoms with E-state index in [0.717, 1.165) is 10.9 Å². The fraction of sp³-hybridized carbons (Fsp3) is 0.0909. The third-order valence-corrected chi connectivity index (χ3v) is 2.56. The lowest BCUT2D eigenvalue weighted by Crippen LogP contribution is -1.83. The molecule has 0 heterocycles. The number of rotatable bonds is 1. The lowest BCUT2D eigenvalue weighted by atomic mass is 10.1. The van der Waals surface area contributed by atoms with Gasteiger partial charge in [-0.1, -0.05) is 55.1 Å². The van der Waals surface area contributed by atoms with E-state index in [-0.39, 0.29) is 4.71 Å². The van der Waals surface area contributed by atoms with Crippen molar-refractivity contribution < 1.29 is 0 Å². The summed E-state index contributed by atoms with van der Waals surface area (Å²) < 4.78 is -0.342. The Balaban J connectivity index is 2.76. The number of hydrogen-bond donors (Lipinski definition) is 0. The molecule has 1 atom stereocenters. The molecule has 0 nitrogen and oxygen atoms in total. The summed E-state index contributed by atoms with van der Waals surface area (Å²) >= 11 is 10.9. The maximum Gasteiger partial charge on any atom is 0.115 e. The molecule has 2 aromatic carbocycles. The van der Waals surface area contributed by atoms with E-state index in [1.165, 1.54) is 5.39 Å². The second kappa shape index (κ2) is 3.60. The van der Waals surface area contributed by atoms with Crippen molar-refractivity contribution in [1.29, 1.82) is 0 Å². The predicted molar refractivity (Wildman–Crippen MR) is 60.1 cm³/mol. The van der Waals surface area contributed by atoms with E-state index in [0.29, 0.717) is 0 Å². The van der Waals surface area contributed by atoms with Crippen molar-refractivity contribution in [3.05, 3.63) is 48.0 Å². The highest BCUT2D eigenvalue weighted by Gasteiger charge is 2.05. The molecule has 2 heteroatoms. The summed E-state index contributed by atoms with van der Waals surface area (Å²) in [6, 6.07) is 14.2. The molecular weight excluding hydrogens is 200 g/mol. The van der Waals surface area contributed by atoms with Crippen LogP contribution in [0.2, 0.25) is 0 Å². The second-order valence-electron chi connectivity index (χ2n) is 2.88. The van der Waals surface area contributed by atoms with E-state index in [1.807, 2.05) is 30.3 Å². The van der Waals surface area contributed by atoms with Crippen LogP contribution >= 0.6 is 24.2 Å². The average Bonchev–Trinajstić information content (AvgIpc) is 2.17. The fourth-order valence-corrected chi connectivity index (χ4v) is 1.84. The molecule has 0 aliphatic rings. The van der Waals surface area contributed by atoms with Crippen LogP contribution in [0.25, 0.3) is 10.8 Å². The molecule has 0 saturated carbocycles. The first-order chi connectivity index (χ1) is 6.29. The van der Waals surface area contributed by atoms with Gasteiger partial charge in [0.2, 0.25) is 0 Å². The van der Waals surface area contributed by atoms with Gasteiger partial charge in [-0.05, 0) is 16.3 Å². The molecule has 0 spiro atoms. The minimum absolute atomic E-state index is 0.342. The van der Waals surface area contributed by atoms with Crippen LogP contribution in [-0.2, 0) is 0 Å². The van der Waals surface area contributed by atoms with Crippen molar-refractivity contribution in [2.45, 2.75) is 4.71 Å². The number of halogens is 1. The highest BCUT2D eigenvalue weighted by atomic mass is 35.5. The predicted octanol–water partition coefficient (Wildman–Crippen LogP) is 4.27. The van der Waals surface area contributed by atoms with E-state index in [4.69, 9.17) is 24.2 Å². The van der Waals surface area contributed by atoms with Gasteiger partial charge in [0, 0.05) is 0 Å². The molecule has 0 N–H and O–H groups in total. The van der Waals surface area contributed by atoms with Crippen molar-refractivity contribution in [3.63, 3.8) is 0 Å². The van der Waals surface area contributed by atoms with Gasteiger partial charge in [0.1, 0.15) is 4.71 Å². The zero-order chi connectivity index (χ0) is 9.26. The van der Waals surface area contributed by atoms with E-state index >= 15 is 0 Å². The van der Waals surface area contributed by atoms with Gasteiger partial charge >= 0.3 is 0 Å². The van der Waals surface area contributed by atoms with Crippen LogP contribution in [-0.4, -0.2) is 0 Å². The maximum absolute atomic E-state index is 5.90. The summed E-state index contributed by atoms with van der Waals surface area (Å²) in [5, 5.41) is 2.34. The Bertz CT molecular complexity index is 418. The van der Waals surface area contributed by atoms with Gasteiger partial charge < -0.3 is 0 Å². The van der Waals surface area contributed by atoms with Crippen LogP contribution in [0.4, 0.5) is 0 Å². The minimum atomic E-state index is -0.342. The largest absolute Gasteiger partial charge is 0.115 e. The molecule has 0 aliphatic carbocycles. The van der Waals surface area contributed by atoms with E-state index in [1.54, 1.807) is 0 Å². The van der Waals surface area contributed by atoms with Gasteiger partial charge in [0.15, 0.2) is 0 Å². The number of alkyl halides is 1. The normalized spacial score (nSPS) is 13.1. The van der Waals surface area contributed by atoms with Gasteiger partial charge in [-0.3, -0.25) is 0 Å². The smallest absolute Gasteiger partial charge is 0.105 e. The Hall–Kier alpha value is -0.660. The standard InChI is InChI=1S/C11H8ClS/c12-11(13)10-7-3-5-8-4-1-2-6-9(8)10/h1-7,11H. The van der Waals surface area contributed by atoms with Gasteiger partial charge in [-0.25, -0.2) is 0 Å². The third-order valence-electron chi connectivity index (χ3n) is 2.07. The van der Waals surface area contributed by atoms with Crippen LogP contribution in [0, 0.1) is 0 Å². The van der Waals surface area contributed by atoms with Gasteiger partial charge in [-0.2, -0.15) is 0 Å². The molecule has 0 bridgehead atoms. The lowest BCUT2D eigenvalue weighted by molar-refractivity contribution is 1.42. The van der Waals surface area contributed by atoms with Crippen LogP contribution in [0.1, 0.15) is 10.3 Å². The maximum atomic E-state index is 5.90. The summed E-state index contributed by atoms with van der Waals surface area (Å²) in [6.45, 7) is 0. The Morgan fingerprint density at radius 2 is 1.69 bits per heavy atom. The molecule has 13 heavy (non-hydrogen) atoms. The van der Waals surface area contributed by atoms with Gasteiger partial charge in [0.25, 0.3) is 0 Å². The SMILES string of the molecule is [S]C(Cl)c1cccc2ccccc12. The van der Waals surface area contributed by atoms with Gasteiger partial charge in [-0.15, -0.1) is 11.6 Å². The summed E-state index contributed by atoms with van der Waals surface area (Å²) in [7, 11) is 0. The molecule has 0 aliphatic heterocycles. The fourth-order valence-electron chi connectivity index (χ4n) is 1.45. The molecule has 0 amide bonds. The Labute approximate surface area is 87.9 Å². The molecule has 1 unspecified atom stereocenters. The summed E-state index contributed by atoms with van der Waals surface area (Å²) in [6.07, 6.45) is 0. The van der Waals surface area contributed by atoms with Crippen molar-refractivity contribution >= 4 is 35.0 Å². The van der Waals surface area contributed by atoms with Crippen LogP contribution < -0.4 is 0 Å². The van der Waals surface area contributed by atoms with E-state index in [2.05, 4.69) is 12.1 Å². The Morgan fingerprint density at radius 1 is 1.00 bits per heavy atom. The lowest BCUT2D eigenvalue weighted by Gasteiger charge is -2.06. The molecule has 2 rings (SSSR count). The minimum Gasteiger partial charge on any atom is -0.105 e. The van der Waals surface area contributed by atoms with Crippen LogP contribution in [0.3, 0.4) is 0 Å². The molecule has 1 radical (unpaired) electrons. The molecule has 0 fully saturated rings. The Kier molecular flexibility index (Phi) is 2.47. The Morgan fingerprint density at radius 3 is 2.46 bits per heavy atom. The second-order valence-corrected chi connectivity index (χ2v) is 4.05. The molecular formula is C11H8ClS. The monoisotopic (exact) mass is 207 g/mol. The highest BCUT2D eigenvalue weighted by molar-refractivity contribution is 7.82. The first kappa shape index (κ1) is 8.92. The van der Waals surface area contributed by atoms with Crippen molar-refractivity contribution in [2.75, 3.05) is 0 Å². The third kappa shape index (κ3) is 1.67. The van der Waals surface area contributed by atoms with Crippen LogP contribution in [0.15, 0.2) is 42.5 Å². The quantitative estimate of drug-likeness (QED) is 0.613. The van der Waals surface area contributed by atoms with Gasteiger partial charge in [0.05, 0.1) is 0 Å². The topological polar surface area (TPSA) is 0 Å². The molecule has 65 valence electrons. The van der Waals surface area contributed by atoms with Crippen molar-refractivity contribution in [3.8, 4) is 0 Å². The van der Waals surface area contributed by atoms with E-state index in [9.17, 15) is 0 Å². The first-order valence-corrected chi connectivity index (χ1v) is 4.97. The zero-order valence-electron chi connectivity index (χ0n) is 6.91. The highest BCUT2D eigenvalue weighted by Crippen LogP contribution is 2.30. The number of benzene rings is 2. The first-order valence-electron chi connectivity index (χ1n) is 4.06. The molecule has 0 aromatic heterocycles.